The number of amides is 1. The maximum Gasteiger partial charge on any atom is 0.261 e. The predicted octanol–water partition coefficient (Wildman–Crippen LogP) is 4.80. The number of likely N-dealkylation sites (tertiary alicyclic amines) is 1. The van der Waals surface area contributed by atoms with Gasteiger partial charge >= 0.3 is 0 Å². The second-order valence-corrected chi connectivity index (χ2v) is 7.68. The van der Waals surface area contributed by atoms with Gasteiger partial charge in [0.1, 0.15) is 5.75 Å². The first-order valence-corrected chi connectivity index (χ1v) is 10.5. The molecule has 1 atom stereocenters. The Hall–Kier alpha value is -2.04. The molecule has 4 nitrogen and oxygen atoms in total. The molecule has 3 rings (SSSR count). The van der Waals surface area contributed by atoms with Gasteiger partial charge in [0.15, 0.2) is 6.10 Å². The normalized spacial score (nSPS) is 15.8. The van der Waals surface area contributed by atoms with Crippen molar-refractivity contribution in [3.63, 3.8) is 0 Å². The number of piperidine rings is 1. The lowest BCUT2D eigenvalue weighted by molar-refractivity contribution is -0.128. The number of para-hydroxylation sites is 1. The van der Waals surface area contributed by atoms with Crippen LogP contribution in [0.5, 0.6) is 5.75 Å². The lowest BCUT2D eigenvalue weighted by atomic mass is 10.0. The molecule has 0 bridgehead atoms. The summed E-state index contributed by atoms with van der Waals surface area (Å²) in [6.07, 6.45) is 3.89. The van der Waals surface area contributed by atoms with Crippen LogP contribution in [0.3, 0.4) is 0 Å². The van der Waals surface area contributed by atoms with Crippen molar-refractivity contribution < 1.29 is 9.53 Å². The summed E-state index contributed by atoms with van der Waals surface area (Å²) in [5.74, 6) is 0.423. The van der Waals surface area contributed by atoms with Gasteiger partial charge in [-0.3, -0.25) is 9.69 Å². The Balaban J connectivity index is 1.59. The fraction of sp³-hybridized carbons (Fsp3) is 0.435. The molecule has 0 saturated carbocycles. The highest BCUT2D eigenvalue weighted by molar-refractivity contribution is 6.32. The van der Waals surface area contributed by atoms with Gasteiger partial charge < -0.3 is 10.1 Å². The number of benzene rings is 2. The summed E-state index contributed by atoms with van der Waals surface area (Å²) in [6.45, 7) is 5.70. The van der Waals surface area contributed by atoms with E-state index < -0.39 is 6.10 Å². The molecule has 0 aliphatic carbocycles. The fourth-order valence-corrected chi connectivity index (χ4v) is 3.73. The van der Waals surface area contributed by atoms with Crippen LogP contribution in [0.4, 0.5) is 0 Å². The molecule has 28 heavy (non-hydrogen) atoms. The molecule has 0 spiro atoms. The SMILES string of the molecule is CCC(Oc1ccccc1Cl)C(=O)NCc1ccccc1CN1CCCCC1. The molecule has 1 amide bonds. The highest BCUT2D eigenvalue weighted by atomic mass is 35.5. The summed E-state index contributed by atoms with van der Waals surface area (Å²) < 4.78 is 5.84. The van der Waals surface area contributed by atoms with Crippen molar-refractivity contribution in [3.05, 3.63) is 64.7 Å². The largest absolute Gasteiger partial charge is 0.479 e. The van der Waals surface area contributed by atoms with Gasteiger partial charge in [0.2, 0.25) is 0 Å². The van der Waals surface area contributed by atoms with Crippen molar-refractivity contribution in [1.82, 2.24) is 10.2 Å². The second kappa shape index (κ2) is 10.5. The first kappa shape index (κ1) is 20.7. The average Bonchev–Trinajstić information content (AvgIpc) is 2.73. The molecule has 1 saturated heterocycles. The molecule has 1 aliphatic rings. The third-order valence-corrected chi connectivity index (χ3v) is 5.50. The topological polar surface area (TPSA) is 41.6 Å². The molecule has 1 fully saturated rings. The van der Waals surface area contributed by atoms with Gasteiger partial charge in [-0.05, 0) is 55.6 Å². The lowest BCUT2D eigenvalue weighted by Crippen LogP contribution is -2.38. The summed E-state index contributed by atoms with van der Waals surface area (Å²) in [7, 11) is 0. The van der Waals surface area contributed by atoms with Gasteiger partial charge in [0, 0.05) is 13.1 Å². The Morgan fingerprint density at radius 3 is 2.46 bits per heavy atom. The van der Waals surface area contributed by atoms with Crippen LogP contribution in [0.1, 0.15) is 43.7 Å². The molecule has 1 aliphatic heterocycles. The van der Waals surface area contributed by atoms with E-state index in [0.717, 1.165) is 25.2 Å². The number of hydrogen-bond acceptors (Lipinski definition) is 3. The molecule has 5 heteroatoms. The zero-order valence-electron chi connectivity index (χ0n) is 16.5. The summed E-state index contributed by atoms with van der Waals surface area (Å²) in [5.41, 5.74) is 2.44. The summed E-state index contributed by atoms with van der Waals surface area (Å²) in [5, 5.41) is 3.56. The van der Waals surface area contributed by atoms with Crippen LogP contribution >= 0.6 is 11.6 Å². The smallest absolute Gasteiger partial charge is 0.261 e. The van der Waals surface area contributed by atoms with Crippen LogP contribution in [-0.4, -0.2) is 30.0 Å². The number of carbonyl (C=O) groups is 1. The quantitative estimate of drug-likeness (QED) is 0.692. The Labute approximate surface area is 172 Å². The number of hydrogen-bond donors (Lipinski definition) is 1. The molecule has 1 unspecified atom stereocenters. The van der Waals surface area contributed by atoms with Crippen molar-refractivity contribution >= 4 is 17.5 Å². The van der Waals surface area contributed by atoms with Crippen LogP contribution in [-0.2, 0) is 17.9 Å². The summed E-state index contributed by atoms with van der Waals surface area (Å²) >= 11 is 6.15. The van der Waals surface area contributed by atoms with E-state index in [-0.39, 0.29) is 5.91 Å². The van der Waals surface area contributed by atoms with Crippen LogP contribution < -0.4 is 10.1 Å². The van der Waals surface area contributed by atoms with Crippen LogP contribution in [0, 0.1) is 0 Å². The van der Waals surface area contributed by atoms with Crippen molar-refractivity contribution in [2.24, 2.45) is 0 Å². The van der Waals surface area contributed by atoms with Crippen molar-refractivity contribution in [2.75, 3.05) is 13.1 Å². The summed E-state index contributed by atoms with van der Waals surface area (Å²) in [6, 6.07) is 15.6. The zero-order valence-corrected chi connectivity index (χ0v) is 17.3. The molecule has 1 heterocycles. The van der Waals surface area contributed by atoms with Gasteiger partial charge in [-0.15, -0.1) is 0 Å². The van der Waals surface area contributed by atoms with Crippen LogP contribution in [0.2, 0.25) is 5.02 Å². The van der Waals surface area contributed by atoms with E-state index in [1.165, 1.54) is 24.8 Å². The minimum absolute atomic E-state index is 0.116. The van der Waals surface area contributed by atoms with E-state index in [2.05, 4.69) is 28.4 Å². The zero-order chi connectivity index (χ0) is 19.8. The predicted molar refractivity (Wildman–Crippen MR) is 114 cm³/mol. The van der Waals surface area contributed by atoms with Gasteiger partial charge in [-0.2, -0.15) is 0 Å². The summed E-state index contributed by atoms with van der Waals surface area (Å²) in [4.78, 5) is 15.2. The van der Waals surface area contributed by atoms with E-state index in [1.54, 1.807) is 12.1 Å². The number of halogens is 1. The molecule has 2 aromatic rings. The lowest BCUT2D eigenvalue weighted by Gasteiger charge is -2.27. The molecule has 0 radical (unpaired) electrons. The van der Waals surface area contributed by atoms with Gasteiger partial charge in [-0.1, -0.05) is 61.3 Å². The number of nitrogens with zero attached hydrogens (tertiary/aromatic N) is 1. The van der Waals surface area contributed by atoms with Crippen molar-refractivity contribution in [1.29, 1.82) is 0 Å². The van der Waals surface area contributed by atoms with Crippen LogP contribution in [0.15, 0.2) is 48.5 Å². The Morgan fingerprint density at radius 2 is 1.75 bits per heavy atom. The minimum atomic E-state index is -0.561. The molecular formula is C23H29ClN2O2. The highest BCUT2D eigenvalue weighted by Crippen LogP contribution is 2.25. The van der Waals surface area contributed by atoms with E-state index in [9.17, 15) is 4.79 Å². The number of rotatable bonds is 8. The highest BCUT2D eigenvalue weighted by Gasteiger charge is 2.20. The number of ether oxygens (including phenoxy) is 1. The standard InChI is InChI=1S/C23H29ClN2O2/c1-2-21(28-22-13-7-6-12-20(22)24)23(27)25-16-18-10-4-5-11-19(18)17-26-14-8-3-9-15-26/h4-7,10-13,21H,2-3,8-9,14-17H2,1H3,(H,25,27). The molecule has 150 valence electrons. The Morgan fingerprint density at radius 1 is 1.07 bits per heavy atom. The molecule has 0 aromatic heterocycles. The fourth-order valence-electron chi connectivity index (χ4n) is 3.55. The average molecular weight is 401 g/mol. The van der Waals surface area contributed by atoms with E-state index in [0.29, 0.717) is 23.7 Å². The van der Waals surface area contributed by atoms with Crippen molar-refractivity contribution in [2.45, 2.75) is 51.8 Å². The Bertz CT molecular complexity index is 775. The minimum Gasteiger partial charge on any atom is -0.479 e. The van der Waals surface area contributed by atoms with Gasteiger partial charge in [0.25, 0.3) is 5.91 Å². The monoisotopic (exact) mass is 400 g/mol. The number of nitrogens with one attached hydrogen (secondary N) is 1. The van der Waals surface area contributed by atoms with Crippen molar-refractivity contribution in [3.8, 4) is 5.75 Å². The first-order chi connectivity index (χ1) is 13.7. The van der Waals surface area contributed by atoms with E-state index >= 15 is 0 Å². The third kappa shape index (κ3) is 5.73. The first-order valence-electron chi connectivity index (χ1n) is 10.2. The van der Waals surface area contributed by atoms with Gasteiger partial charge in [-0.25, -0.2) is 0 Å². The van der Waals surface area contributed by atoms with Gasteiger partial charge in [0.05, 0.1) is 5.02 Å². The molecule has 2 aromatic carbocycles. The molecular weight excluding hydrogens is 372 g/mol. The van der Waals surface area contributed by atoms with Crippen LogP contribution in [0.25, 0.3) is 0 Å². The maximum absolute atomic E-state index is 12.7. The van der Waals surface area contributed by atoms with E-state index in [4.69, 9.17) is 16.3 Å². The van der Waals surface area contributed by atoms with E-state index in [1.807, 2.05) is 25.1 Å². The maximum atomic E-state index is 12.7. The number of carbonyl (C=O) groups excluding carboxylic acids is 1. The Kier molecular flexibility index (Phi) is 7.75. The second-order valence-electron chi connectivity index (χ2n) is 7.27. The molecule has 1 N–H and O–H groups in total. The third-order valence-electron chi connectivity index (χ3n) is 5.18.